The minimum atomic E-state index is -0.323. The quantitative estimate of drug-likeness (QED) is 0.458. The van der Waals surface area contributed by atoms with E-state index >= 15 is 0 Å². The summed E-state index contributed by atoms with van der Waals surface area (Å²) in [4.78, 5) is 15.4. The molecule has 3 aromatic rings. The monoisotopic (exact) mass is 539 g/mol. The van der Waals surface area contributed by atoms with E-state index in [4.69, 9.17) is 33.3 Å². The molecule has 1 fully saturated rings. The van der Waals surface area contributed by atoms with Gasteiger partial charge in [0.05, 0.1) is 42.6 Å². The van der Waals surface area contributed by atoms with E-state index in [-0.39, 0.29) is 28.7 Å². The Morgan fingerprint density at radius 1 is 1.27 bits per heavy atom. The molecule has 0 saturated carbocycles. The molecule has 5 rings (SSSR count). The summed E-state index contributed by atoms with van der Waals surface area (Å²) in [7, 11) is 3.21. The van der Waals surface area contributed by atoms with Gasteiger partial charge in [0.1, 0.15) is 11.8 Å². The van der Waals surface area contributed by atoms with Crippen molar-refractivity contribution in [3.8, 4) is 29.1 Å². The van der Waals surface area contributed by atoms with E-state index in [1.807, 2.05) is 29.2 Å². The highest BCUT2D eigenvalue weighted by Crippen LogP contribution is 2.48. The molecule has 0 spiro atoms. The number of fused-ring (bicyclic) bond motifs is 5. The van der Waals surface area contributed by atoms with Crippen molar-refractivity contribution in [3.63, 3.8) is 0 Å². The molecule has 2 bridgehead atoms. The van der Waals surface area contributed by atoms with E-state index in [1.54, 1.807) is 37.8 Å². The first-order valence-electron chi connectivity index (χ1n) is 11.8. The number of thiocarbonyl (C=S) groups is 1. The second-order valence-corrected chi connectivity index (χ2v) is 9.87. The van der Waals surface area contributed by atoms with E-state index in [0.29, 0.717) is 58.6 Å². The van der Waals surface area contributed by atoms with E-state index in [9.17, 15) is 15.2 Å². The number of rotatable bonds is 6. The standard InChI is InChI=1S/C26H26ClN5O4S/c1-14-18(6-5-16(12-28)22(14)27)32-24(33)23-19-11-17(31(23)26(32)34)13-30(19)25(37)29-9-8-15-4-7-20(35-2)21(10-15)36-3/h4-7,10,17,19,33H,8-9,11,13H2,1-3H3,(H,29,37). The number of nitrogens with zero attached hydrogens (tertiary/aromatic N) is 4. The van der Waals surface area contributed by atoms with E-state index in [0.717, 1.165) is 12.0 Å². The molecule has 2 aliphatic heterocycles. The summed E-state index contributed by atoms with van der Waals surface area (Å²) in [5, 5.41) is 24.6. The minimum Gasteiger partial charge on any atom is -0.493 e. The van der Waals surface area contributed by atoms with Crippen LogP contribution in [0.25, 0.3) is 5.69 Å². The number of hydrogen-bond donors (Lipinski definition) is 2. The maximum atomic E-state index is 13.4. The predicted molar refractivity (Wildman–Crippen MR) is 143 cm³/mol. The number of aromatic nitrogens is 2. The Balaban J connectivity index is 1.34. The highest BCUT2D eigenvalue weighted by molar-refractivity contribution is 7.80. The third-order valence-electron chi connectivity index (χ3n) is 7.18. The van der Waals surface area contributed by atoms with Crippen LogP contribution in [0.3, 0.4) is 0 Å². The van der Waals surface area contributed by atoms with Crippen LogP contribution in [0.1, 0.15) is 40.9 Å². The molecule has 192 valence electrons. The summed E-state index contributed by atoms with van der Waals surface area (Å²) >= 11 is 12.0. The fourth-order valence-electron chi connectivity index (χ4n) is 5.34. The van der Waals surface area contributed by atoms with Gasteiger partial charge in [-0.15, -0.1) is 0 Å². The zero-order valence-corrected chi connectivity index (χ0v) is 22.2. The van der Waals surface area contributed by atoms with Gasteiger partial charge < -0.3 is 24.8 Å². The fourth-order valence-corrected chi connectivity index (χ4v) is 5.85. The topological polar surface area (TPSA) is 105 Å². The zero-order chi connectivity index (χ0) is 26.4. The number of halogens is 1. The van der Waals surface area contributed by atoms with Gasteiger partial charge >= 0.3 is 5.69 Å². The molecule has 2 atom stereocenters. The summed E-state index contributed by atoms with van der Waals surface area (Å²) in [6.07, 6.45) is 1.43. The van der Waals surface area contributed by atoms with Crippen LogP contribution in [-0.4, -0.2) is 51.6 Å². The van der Waals surface area contributed by atoms with Crippen molar-refractivity contribution < 1.29 is 14.6 Å². The molecule has 0 radical (unpaired) electrons. The Morgan fingerprint density at radius 3 is 2.73 bits per heavy atom. The summed E-state index contributed by atoms with van der Waals surface area (Å²) in [5.41, 5.74) is 2.63. The Labute approximate surface area is 224 Å². The van der Waals surface area contributed by atoms with Crippen molar-refractivity contribution in [3.05, 3.63) is 68.2 Å². The molecule has 0 aliphatic carbocycles. The number of nitriles is 1. The van der Waals surface area contributed by atoms with Gasteiger partial charge in [-0.3, -0.25) is 4.57 Å². The Bertz CT molecular complexity index is 1510. The average Bonchev–Trinajstić information content (AvgIpc) is 3.57. The van der Waals surface area contributed by atoms with Gasteiger partial charge in [0.15, 0.2) is 16.6 Å². The van der Waals surface area contributed by atoms with E-state index < -0.39 is 0 Å². The molecule has 2 aliphatic rings. The van der Waals surface area contributed by atoms with Crippen LogP contribution in [0.4, 0.5) is 0 Å². The highest BCUT2D eigenvalue weighted by atomic mass is 35.5. The van der Waals surface area contributed by atoms with Gasteiger partial charge in [-0.1, -0.05) is 17.7 Å². The number of aromatic hydroxyl groups is 1. The Hall–Kier alpha value is -3.68. The van der Waals surface area contributed by atoms with E-state index in [2.05, 4.69) is 5.32 Å². The minimum absolute atomic E-state index is 0.0978. The normalized spacial score (nSPS) is 17.4. The molecular weight excluding hydrogens is 514 g/mol. The molecule has 2 aromatic carbocycles. The number of likely N-dealkylation sites (tertiary alicyclic amines) is 1. The van der Waals surface area contributed by atoms with Crippen molar-refractivity contribution in [2.75, 3.05) is 27.3 Å². The number of methoxy groups -OCH3 is 2. The highest BCUT2D eigenvalue weighted by Gasteiger charge is 2.48. The molecule has 2 N–H and O–H groups in total. The molecule has 3 heterocycles. The SMILES string of the molecule is COc1ccc(CCNC(=S)N2CC3CC2c2c(O)n(-c4ccc(C#N)c(Cl)c4C)c(=O)n23)cc1OC. The van der Waals surface area contributed by atoms with Gasteiger partial charge in [-0.2, -0.15) is 5.26 Å². The third-order valence-corrected chi connectivity index (χ3v) is 8.04. The number of ether oxygens (including phenoxy) is 2. The first-order valence-corrected chi connectivity index (χ1v) is 12.6. The van der Waals surface area contributed by atoms with Gasteiger partial charge in [0.2, 0.25) is 5.88 Å². The number of hydrogen-bond acceptors (Lipinski definition) is 6. The summed E-state index contributed by atoms with van der Waals surface area (Å²) < 4.78 is 13.6. The lowest BCUT2D eigenvalue weighted by Gasteiger charge is -2.30. The van der Waals surface area contributed by atoms with Crippen LogP contribution in [0.5, 0.6) is 17.4 Å². The number of benzene rings is 2. The molecule has 2 unspecified atom stereocenters. The maximum absolute atomic E-state index is 13.4. The molecule has 37 heavy (non-hydrogen) atoms. The smallest absolute Gasteiger partial charge is 0.336 e. The van der Waals surface area contributed by atoms with Crippen LogP contribution in [0.2, 0.25) is 5.02 Å². The lowest BCUT2D eigenvalue weighted by atomic mass is 10.1. The number of imidazole rings is 1. The summed E-state index contributed by atoms with van der Waals surface area (Å²) in [5.74, 6) is 1.23. The lowest BCUT2D eigenvalue weighted by Crippen LogP contribution is -2.43. The molecule has 11 heteroatoms. The molecule has 1 saturated heterocycles. The Morgan fingerprint density at radius 2 is 2.03 bits per heavy atom. The second-order valence-electron chi connectivity index (χ2n) is 9.11. The van der Waals surface area contributed by atoms with Crippen LogP contribution in [0, 0.1) is 18.3 Å². The van der Waals surface area contributed by atoms with Gasteiger partial charge in [-0.05, 0) is 67.4 Å². The first-order chi connectivity index (χ1) is 17.8. The van der Waals surface area contributed by atoms with Crippen molar-refractivity contribution >= 4 is 28.9 Å². The molecular formula is C26H26ClN5O4S. The lowest BCUT2D eigenvalue weighted by molar-refractivity contribution is 0.333. The van der Waals surface area contributed by atoms with Crippen LogP contribution in [0.15, 0.2) is 35.1 Å². The van der Waals surface area contributed by atoms with Crippen molar-refractivity contribution in [1.29, 1.82) is 5.26 Å². The first kappa shape index (κ1) is 25.0. The molecule has 1 aromatic heterocycles. The van der Waals surface area contributed by atoms with Gasteiger partial charge in [0, 0.05) is 13.1 Å². The van der Waals surface area contributed by atoms with Crippen LogP contribution in [-0.2, 0) is 6.42 Å². The predicted octanol–water partition coefficient (Wildman–Crippen LogP) is 3.61. The number of nitrogens with one attached hydrogen (secondary N) is 1. The van der Waals surface area contributed by atoms with Crippen molar-refractivity contribution in [2.45, 2.75) is 31.8 Å². The van der Waals surface area contributed by atoms with Crippen LogP contribution >= 0.6 is 23.8 Å². The molecule has 9 nitrogen and oxygen atoms in total. The van der Waals surface area contributed by atoms with Crippen LogP contribution < -0.4 is 20.5 Å². The Kier molecular flexibility index (Phi) is 6.52. The summed E-state index contributed by atoms with van der Waals surface area (Å²) in [6, 6.07) is 10.7. The van der Waals surface area contributed by atoms with E-state index in [1.165, 1.54) is 4.57 Å². The zero-order valence-electron chi connectivity index (χ0n) is 20.6. The van der Waals surface area contributed by atoms with Gasteiger partial charge in [-0.25, -0.2) is 9.36 Å². The maximum Gasteiger partial charge on any atom is 0.336 e. The second kappa shape index (κ2) is 9.65. The third kappa shape index (κ3) is 3.99. The molecule has 0 amide bonds. The average molecular weight is 540 g/mol. The van der Waals surface area contributed by atoms with Crippen molar-refractivity contribution in [1.82, 2.24) is 19.4 Å². The van der Waals surface area contributed by atoms with Crippen molar-refractivity contribution in [2.24, 2.45) is 0 Å². The summed E-state index contributed by atoms with van der Waals surface area (Å²) in [6.45, 7) is 2.92. The van der Waals surface area contributed by atoms with Gasteiger partial charge in [0.25, 0.3) is 0 Å². The fraction of sp³-hybridized carbons (Fsp3) is 0.346. The largest absolute Gasteiger partial charge is 0.493 e.